The van der Waals surface area contributed by atoms with Crippen molar-refractivity contribution in [3.63, 3.8) is 0 Å². The first-order chi connectivity index (χ1) is 27.1. The molecule has 8 aromatic rings. The van der Waals surface area contributed by atoms with Crippen LogP contribution >= 0.6 is 0 Å². The molecule has 0 aliphatic heterocycles. The molecule has 5 aromatic carbocycles. The van der Waals surface area contributed by atoms with Crippen molar-refractivity contribution in [2.24, 2.45) is 23.7 Å². The van der Waals surface area contributed by atoms with Crippen LogP contribution in [0.3, 0.4) is 0 Å². The Kier molecular flexibility index (Phi) is 8.82. The second-order valence-corrected chi connectivity index (χ2v) is 16.3. The minimum atomic E-state index is -0.00616. The molecule has 5 nitrogen and oxygen atoms in total. The van der Waals surface area contributed by atoms with Gasteiger partial charge < -0.3 is 9.30 Å². The SMILES string of the molecule is Cc1ccc(C2(c3ccnc(-n4c5[c-]c(Oc6[c-]c(-c7ccn(Cc8ccccc8)n7)ccc6)ccc5c5ccccc54)c3)C3CC4CC(C3)CC2C4)cc1.[Pt+2]. The molecule has 4 saturated carbocycles. The van der Waals surface area contributed by atoms with Crippen LogP contribution in [0.5, 0.6) is 11.5 Å². The maximum Gasteiger partial charge on any atom is 2.00 e. The summed E-state index contributed by atoms with van der Waals surface area (Å²) in [5, 5.41) is 7.14. The topological polar surface area (TPSA) is 44.9 Å². The molecule has 4 fully saturated rings. The summed E-state index contributed by atoms with van der Waals surface area (Å²) in [6.07, 6.45) is 10.8. The third-order valence-electron chi connectivity index (χ3n) is 13.1. The number of hydrogen-bond donors (Lipinski definition) is 0. The fourth-order valence-electron chi connectivity index (χ4n) is 11.0. The van der Waals surface area contributed by atoms with Gasteiger partial charge in [0.1, 0.15) is 5.82 Å². The van der Waals surface area contributed by atoms with Gasteiger partial charge in [-0.3, -0.25) is 4.68 Å². The van der Waals surface area contributed by atoms with E-state index in [1.165, 1.54) is 59.7 Å². The fourth-order valence-corrected chi connectivity index (χ4v) is 11.0. The van der Waals surface area contributed by atoms with Crippen molar-refractivity contribution in [1.82, 2.24) is 19.3 Å². The predicted octanol–water partition coefficient (Wildman–Crippen LogP) is 11.5. The first-order valence-corrected chi connectivity index (χ1v) is 19.9. The van der Waals surface area contributed by atoms with Crippen molar-refractivity contribution >= 4 is 21.8 Å². The van der Waals surface area contributed by atoms with Gasteiger partial charge in [0.2, 0.25) is 0 Å². The molecule has 3 aromatic heterocycles. The number of hydrogen-bond acceptors (Lipinski definition) is 3. The van der Waals surface area contributed by atoms with Crippen LogP contribution in [0.4, 0.5) is 0 Å². The van der Waals surface area contributed by atoms with Crippen LogP contribution in [0, 0.1) is 42.7 Å². The van der Waals surface area contributed by atoms with Gasteiger partial charge in [0.05, 0.1) is 6.54 Å². The van der Waals surface area contributed by atoms with Crippen LogP contribution in [0.1, 0.15) is 54.4 Å². The first-order valence-electron chi connectivity index (χ1n) is 19.9. The standard InChI is InChI=1S/C50H42N4O.Pt/c1-33-14-16-38(17-15-33)50(40-25-35-24-36(27-40)28-41(50)26-35)39-20-22-51-49(30-39)54-47-13-6-5-12-44(47)45-19-18-43(31-48(45)54)55-42-11-7-10-37(29-42)46-21-23-53(52-46)32-34-8-3-2-4-9-34;/h2-23,30,35-36,40-41H,24-28,32H2,1H3;/q-2;+2. The van der Waals surface area contributed by atoms with Gasteiger partial charge in [-0.25, -0.2) is 10.1 Å². The molecule has 0 amide bonds. The zero-order valence-corrected chi connectivity index (χ0v) is 33.6. The van der Waals surface area contributed by atoms with Crippen LogP contribution in [0.25, 0.3) is 38.9 Å². The Morgan fingerprint density at radius 3 is 2.25 bits per heavy atom. The summed E-state index contributed by atoms with van der Waals surface area (Å²) in [6, 6.07) is 52.5. The summed E-state index contributed by atoms with van der Waals surface area (Å²) < 4.78 is 10.8. The Bertz CT molecular complexity index is 2670. The third kappa shape index (κ3) is 5.86. The first kappa shape index (κ1) is 35.2. The van der Waals surface area contributed by atoms with E-state index in [0.717, 1.165) is 45.3 Å². The van der Waals surface area contributed by atoms with Crippen molar-refractivity contribution in [3.8, 4) is 28.6 Å². The summed E-state index contributed by atoms with van der Waals surface area (Å²) in [7, 11) is 0. The maximum atomic E-state index is 6.53. The Hall–Kier alpha value is -5.25. The van der Waals surface area contributed by atoms with E-state index in [2.05, 4.69) is 115 Å². The second-order valence-electron chi connectivity index (χ2n) is 16.3. The summed E-state index contributed by atoms with van der Waals surface area (Å²) in [4.78, 5) is 5.11. The number of pyridine rings is 1. The van der Waals surface area contributed by atoms with Gasteiger partial charge >= 0.3 is 21.1 Å². The van der Waals surface area contributed by atoms with Gasteiger partial charge in [-0.1, -0.05) is 96.0 Å². The fraction of sp³-hybridized carbons (Fsp3) is 0.240. The molecule has 0 radical (unpaired) electrons. The molecular formula is C50H42N4OPt. The van der Waals surface area contributed by atoms with Crippen molar-refractivity contribution in [1.29, 1.82) is 0 Å². The number of para-hydroxylation sites is 1. The summed E-state index contributed by atoms with van der Waals surface area (Å²) in [6.45, 7) is 2.92. The molecule has 4 bridgehead atoms. The Balaban J connectivity index is 0.00000384. The third-order valence-corrected chi connectivity index (χ3v) is 13.1. The average Bonchev–Trinajstić information content (AvgIpc) is 3.81. The van der Waals surface area contributed by atoms with Crippen LogP contribution in [0.2, 0.25) is 0 Å². The number of aryl methyl sites for hydroxylation is 1. The number of ether oxygens (including phenoxy) is 1. The minimum Gasteiger partial charge on any atom is -0.503 e. The van der Waals surface area contributed by atoms with Crippen molar-refractivity contribution in [2.45, 2.75) is 51.0 Å². The summed E-state index contributed by atoms with van der Waals surface area (Å²) >= 11 is 0. The smallest absolute Gasteiger partial charge is 0.503 e. The van der Waals surface area contributed by atoms with Crippen LogP contribution < -0.4 is 4.74 Å². The monoisotopic (exact) mass is 909 g/mol. The molecule has 56 heavy (non-hydrogen) atoms. The van der Waals surface area contributed by atoms with E-state index in [-0.39, 0.29) is 26.5 Å². The molecule has 278 valence electrons. The molecule has 4 aliphatic rings. The molecule has 4 aliphatic carbocycles. The molecule has 6 heteroatoms. The second kappa shape index (κ2) is 14.0. The van der Waals surface area contributed by atoms with E-state index in [9.17, 15) is 0 Å². The number of benzene rings is 5. The number of fused-ring (bicyclic) bond motifs is 3. The predicted molar refractivity (Wildman–Crippen MR) is 219 cm³/mol. The van der Waals surface area contributed by atoms with Gasteiger partial charge in [0.25, 0.3) is 0 Å². The Morgan fingerprint density at radius 1 is 0.696 bits per heavy atom. The largest absolute Gasteiger partial charge is 2.00 e. The van der Waals surface area contributed by atoms with E-state index >= 15 is 0 Å². The molecule has 0 atom stereocenters. The van der Waals surface area contributed by atoms with E-state index in [0.29, 0.717) is 29.9 Å². The van der Waals surface area contributed by atoms with E-state index in [4.69, 9.17) is 14.8 Å². The van der Waals surface area contributed by atoms with Crippen molar-refractivity contribution in [2.75, 3.05) is 0 Å². The number of rotatable bonds is 8. The van der Waals surface area contributed by atoms with E-state index in [1.54, 1.807) is 0 Å². The molecule has 3 heterocycles. The van der Waals surface area contributed by atoms with E-state index < -0.39 is 0 Å². The summed E-state index contributed by atoms with van der Waals surface area (Å²) in [5.41, 5.74) is 9.22. The summed E-state index contributed by atoms with van der Waals surface area (Å²) in [5.74, 6) is 5.23. The maximum absolute atomic E-state index is 6.53. The molecule has 12 rings (SSSR count). The quantitative estimate of drug-likeness (QED) is 0.143. The van der Waals surface area contributed by atoms with Gasteiger partial charge in [0, 0.05) is 40.5 Å². The minimum absolute atomic E-state index is 0. The van der Waals surface area contributed by atoms with Gasteiger partial charge in [0.15, 0.2) is 0 Å². The van der Waals surface area contributed by atoms with Crippen LogP contribution in [-0.4, -0.2) is 19.3 Å². The zero-order chi connectivity index (χ0) is 36.5. The normalized spacial score (nSPS) is 22.4. The van der Waals surface area contributed by atoms with Crippen LogP contribution in [-0.2, 0) is 33.0 Å². The average molecular weight is 910 g/mol. The van der Waals surface area contributed by atoms with Crippen molar-refractivity contribution < 1.29 is 25.8 Å². The molecule has 0 unspecified atom stereocenters. The Labute approximate surface area is 342 Å². The van der Waals surface area contributed by atoms with Gasteiger partial charge in [-0.15, -0.1) is 41.3 Å². The van der Waals surface area contributed by atoms with E-state index in [1.807, 2.05) is 53.5 Å². The van der Waals surface area contributed by atoms with Gasteiger partial charge in [-0.2, -0.15) is 6.07 Å². The molecular weight excluding hydrogens is 868 g/mol. The molecule has 0 saturated heterocycles. The van der Waals surface area contributed by atoms with Crippen molar-refractivity contribution in [3.05, 3.63) is 174 Å². The molecule has 0 spiro atoms. The number of nitrogens with zero attached hydrogens (tertiary/aromatic N) is 4. The number of aromatic nitrogens is 4. The Morgan fingerprint density at radius 2 is 1.45 bits per heavy atom. The van der Waals surface area contributed by atoms with Crippen LogP contribution in [0.15, 0.2) is 140 Å². The van der Waals surface area contributed by atoms with Gasteiger partial charge in [-0.05, 0) is 103 Å². The molecule has 0 N–H and O–H groups in total. The zero-order valence-electron chi connectivity index (χ0n) is 31.3.